The van der Waals surface area contributed by atoms with Gasteiger partial charge in [-0.1, -0.05) is 30.3 Å². The van der Waals surface area contributed by atoms with Crippen molar-refractivity contribution in [3.8, 4) is 11.5 Å². The molecule has 2 atom stereocenters. The molecule has 2 aromatic carbocycles. The Morgan fingerprint density at radius 2 is 1.86 bits per heavy atom. The van der Waals surface area contributed by atoms with Crippen LogP contribution in [0.25, 0.3) is 11.5 Å². The van der Waals surface area contributed by atoms with Crippen molar-refractivity contribution in [2.45, 2.75) is 31.2 Å². The highest BCUT2D eigenvalue weighted by atomic mass is 16.4. The Morgan fingerprint density at radius 3 is 2.61 bits per heavy atom. The van der Waals surface area contributed by atoms with Gasteiger partial charge in [0.1, 0.15) is 0 Å². The van der Waals surface area contributed by atoms with Crippen molar-refractivity contribution in [1.29, 1.82) is 0 Å². The molecule has 2 aliphatic carbocycles. The first-order chi connectivity index (χ1) is 13.8. The van der Waals surface area contributed by atoms with Gasteiger partial charge in [0.25, 0.3) is 5.91 Å². The van der Waals surface area contributed by atoms with Gasteiger partial charge in [0.05, 0.1) is 6.20 Å². The van der Waals surface area contributed by atoms with Gasteiger partial charge in [0, 0.05) is 23.2 Å². The fourth-order valence-electron chi connectivity index (χ4n) is 3.53. The smallest absolute Gasteiger partial charge is 0.293 e. The summed E-state index contributed by atoms with van der Waals surface area (Å²) in [4.78, 5) is 16.6. The molecule has 0 saturated heterocycles. The number of amides is 1. The van der Waals surface area contributed by atoms with Crippen LogP contribution in [0.3, 0.4) is 0 Å². The van der Waals surface area contributed by atoms with Crippen LogP contribution in [0.2, 0.25) is 0 Å². The third kappa shape index (κ3) is 3.85. The molecule has 2 unspecified atom stereocenters. The maximum absolute atomic E-state index is 12.4. The Hall–Kier alpha value is -2.92. The zero-order valence-corrected chi connectivity index (χ0v) is 15.6. The van der Waals surface area contributed by atoms with Crippen LogP contribution in [0, 0.1) is 5.92 Å². The van der Waals surface area contributed by atoms with Crippen molar-refractivity contribution in [1.82, 2.24) is 10.3 Å². The standard InChI is InChI=1S/C23H23N3O2/c27-22(21-14-25-23(28-21)17-4-2-1-3-5-17)26-18-10-8-16(9-11-18)19-12-20(19)24-13-15-6-7-15/h1-5,8-11,14-15,19-20,24H,6-7,12-13H2,(H,26,27). The Kier molecular flexibility index (Phi) is 4.45. The predicted molar refractivity (Wildman–Crippen MR) is 108 cm³/mol. The highest BCUT2D eigenvalue weighted by Crippen LogP contribution is 2.41. The molecule has 5 heteroatoms. The van der Waals surface area contributed by atoms with Crippen LogP contribution >= 0.6 is 0 Å². The molecule has 0 spiro atoms. The van der Waals surface area contributed by atoms with E-state index in [0.717, 1.165) is 23.7 Å². The van der Waals surface area contributed by atoms with Gasteiger partial charge in [-0.3, -0.25) is 4.79 Å². The largest absolute Gasteiger partial charge is 0.431 e. The summed E-state index contributed by atoms with van der Waals surface area (Å²) in [5, 5.41) is 6.54. The number of aromatic nitrogens is 1. The maximum atomic E-state index is 12.4. The molecule has 5 nitrogen and oxygen atoms in total. The fourth-order valence-corrected chi connectivity index (χ4v) is 3.53. The van der Waals surface area contributed by atoms with Crippen LogP contribution in [0.1, 0.15) is 41.3 Å². The molecule has 142 valence electrons. The minimum Gasteiger partial charge on any atom is -0.431 e. The van der Waals surface area contributed by atoms with Crippen molar-refractivity contribution in [3.05, 3.63) is 72.1 Å². The van der Waals surface area contributed by atoms with E-state index in [-0.39, 0.29) is 11.7 Å². The second kappa shape index (κ2) is 7.24. The summed E-state index contributed by atoms with van der Waals surface area (Å²) in [6, 6.07) is 18.3. The Morgan fingerprint density at radius 1 is 1.07 bits per heavy atom. The summed E-state index contributed by atoms with van der Waals surface area (Å²) in [5.41, 5.74) is 2.94. The first-order valence-corrected chi connectivity index (χ1v) is 9.92. The van der Waals surface area contributed by atoms with E-state index in [0.29, 0.717) is 17.9 Å². The lowest BCUT2D eigenvalue weighted by molar-refractivity contribution is 0.0997. The summed E-state index contributed by atoms with van der Waals surface area (Å²) in [5.74, 6) is 1.87. The van der Waals surface area contributed by atoms with Crippen molar-refractivity contribution in [2.24, 2.45) is 5.92 Å². The summed E-state index contributed by atoms with van der Waals surface area (Å²) in [6.07, 6.45) is 5.44. The molecule has 1 heterocycles. The first-order valence-electron chi connectivity index (χ1n) is 9.92. The average molecular weight is 373 g/mol. The minimum absolute atomic E-state index is 0.203. The Balaban J connectivity index is 1.18. The lowest BCUT2D eigenvalue weighted by atomic mass is 10.1. The third-order valence-electron chi connectivity index (χ3n) is 5.50. The molecule has 3 aromatic rings. The zero-order valence-electron chi connectivity index (χ0n) is 15.6. The van der Waals surface area contributed by atoms with E-state index in [9.17, 15) is 4.79 Å². The van der Waals surface area contributed by atoms with Gasteiger partial charge in [0.2, 0.25) is 11.7 Å². The summed E-state index contributed by atoms with van der Waals surface area (Å²) >= 11 is 0. The minimum atomic E-state index is -0.294. The van der Waals surface area contributed by atoms with Crippen molar-refractivity contribution in [3.63, 3.8) is 0 Å². The number of oxazole rings is 1. The number of rotatable bonds is 7. The van der Waals surface area contributed by atoms with Crippen LogP contribution in [0.4, 0.5) is 5.69 Å². The van der Waals surface area contributed by atoms with Crippen LogP contribution in [0.15, 0.2) is 65.2 Å². The summed E-state index contributed by atoms with van der Waals surface area (Å²) < 4.78 is 5.61. The fraction of sp³-hybridized carbons (Fsp3) is 0.304. The normalized spacial score (nSPS) is 20.7. The number of anilines is 1. The van der Waals surface area contributed by atoms with Crippen molar-refractivity contribution < 1.29 is 9.21 Å². The van der Waals surface area contributed by atoms with Gasteiger partial charge >= 0.3 is 0 Å². The van der Waals surface area contributed by atoms with E-state index < -0.39 is 0 Å². The van der Waals surface area contributed by atoms with Gasteiger partial charge in [-0.05, 0) is 61.6 Å². The van der Waals surface area contributed by atoms with Gasteiger partial charge < -0.3 is 15.1 Å². The number of hydrogen-bond donors (Lipinski definition) is 2. The number of nitrogens with zero attached hydrogens (tertiary/aromatic N) is 1. The highest BCUT2D eigenvalue weighted by Gasteiger charge is 2.38. The van der Waals surface area contributed by atoms with Gasteiger partial charge in [0.15, 0.2) is 0 Å². The number of carbonyl (C=O) groups is 1. The lowest BCUT2D eigenvalue weighted by Crippen LogP contribution is -2.20. The predicted octanol–water partition coefficient (Wildman–Crippen LogP) is 4.45. The molecule has 5 rings (SSSR count). The molecule has 0 radical (unpaired) electrons. The molecule has 1 aromatic heterocycles. The molecule has 28 heavy (non-hydrogen) atoms. The van der Waals surface area contributed by atoms with Crippen molar-refractivity contribution in [2.75, 3.05) is 11.9 Å². The second-order valence-corrected chi connectivity index (χ2v) is 7.77. The number of benzene rings is 2. The lowest BCUT2D eigenvalue weighted by Gasteiger charge is -2.06. The molecule has 1 amide bonds. The van der Waals surface area contributed by atoms with Crippen LogP contribution in [-0.2, 0) is 0 Å². The van der Waals surface area contributed by atoms with Crippen LogP contribution < -0.4 is 10.6 Å². The van der Waals surface area contributed by atoms with E-state index in [4.69, 9.17) is 4.42 Å². The number of carbonyl (C=O) groups excluding carboxylic acids is 1. The van der Waals surface area contributed by atoms with Gasteiger partial charge in [-0.25, -0.2) is 4.98 Å². The Bertz CT molecular complexity index is 961. The average Bonchev–Trinajstić information content (AvgIpc) is 3.65. The van der Waals surface area contributed by atoms with E-state index in [1.54, 1.807) is 0 Å². The molecule has 0 bridgehead atoms. The van der Waals surface area contributed by atoms with Gasteiger partial charge in [-0.15, -0.1) is 0 Å². The quantitative estimate of drug-likeness (QED) is 0.642. The second-order valence-electron chi connectivity index (χ2n) is 7.77. The van der Waals surface area contributed by atoms with E-state index in [1.165, 1.54) is 31.0 Å². The Labute approximate surface area is 164 Å². The van der Waals surface area contributed by atoms with E-state index in [2.05, 4.69) is 27.8 Å². The van der Waals surface area contributed by atoms with Crippen molar-refractivity contribution >= 4 is 11.6 Å². The molecular weight excluding hydrogens is 350 g/mol. The first kappa shape index (κ1) is 17.2. The number of nitrogens with one attached hydrogen (secondary N) is 2. The topological polar surface area (TPSA) is 67.2 Å². The van der Waals surface area contributed by atoms with E-state index >= 15 is 0 Å². The van der Waals surface area contributed by atoms with Crippen LogP contribution in [-0.4, -0.2) is 23.5 Å². The SMILES string of the molecule is O=C(Nc1ccc(C2CC2NCC2CC2)cc1)c1cnc(-c2ccccc2)o1. The zero-order chi connectivity index (χ0) is 18.9. The molecule has 2 N–H and O–H groups in total. The third-order valence-corrected chi connectivity index (χ3v) is 5.50. The molecular formula is C23H23N3O2. The monoisotopic (exact) mass is 373 g/mol. The molecule has 2 aliphatic rings. The molecule has 2 fully saturated rings. The van der Waals surface area contributed by atoms with E-state index in [1.807, 2.05) is 42.5 Å². The maximum Gasteiger partial charge on any atom is 0.293 e. The number of hydrogen-bond acceptors (Lipinski definition) is 4. The summed E-state index contributed by atoms with van der Waals surface area (Å²) in [7, 11) is 0. The van der Waals surface area contributed by atoms with Gasteiger partial charge in [-0.2, -0.15) is 0 Å². The molecule has 0 aliphatic heterocycles. The molecule has 2 saturated carbocycles. The highest BCUT2D eigenvalue weighted by molar-refractivity contribution is 6.02. The van der Waals surface area contributed by atoms with Crippen LogP contribution in [0.5, 0.6) is 0 Å². The summed E-state index contributed by atoms with van der Waals surface area (Å²) in [6.45, 7) is 1.16.